The molecule has 1 rings (SSSR count). The highest BCUT2D eigenvalue weighted by Gasteiger charge is 2.26. The van der Waals surface area contributed by atoms with E-state index in [9.17, 15) is 4.79 Å². The first-order valence-electron chi connectivity index (χ1n) is 4.14. The van der Waals surface area contributed by atoms with Gasteiger partial charge in [-0.1, -0.05) is 0 Å². The molecule has 2 N–H and O–H groups in total. The van der Waals surface area contributed by atoms with Gasteiger partial charge in [0.15, 0.2) is 0 Å². The first kappa shape index (κ1) is 12.7. The van der Waals surface area contributed by atoms with Crippen molar-refractivity contribution in [3.63, 3.8) is 0 Å². The molecule has 0 aromatic carbocycles. The van der Waals surface area contributed by atoms with Gasteiger partial charge in [0.25, 0.3) is 0 Å². The Bertz CT molecular complexity index is 165. The molecule has 0 amide bonds. The molecule has 1 aliphatic rings. The molecule has 0 bridgehead atoms. The summed E-state index contributed by atoms with van der Waals surface area (Å²) in [6.45, 7) is 1.18. The predicted octanol–water partition coefficient (Wildman–Crippen LogP) is 0.335. The van der Waals surface area contributed by atoms with Gasteiger partial charge in [-0.15, -0.1) is 12.4 Å². The number of nitrogens with two attached hydrogens (primary N) is 1. The Morgan fingerprint density at radius 1 is 1.69 bits per heavy atom. The van der Waals surface area contributed by atoms with Gasteiger partial charge >= 0.3 is 5.97 Å². The van der Waals surface area contributed by atoms with E-state index in [0.717, 1.165) is 6.42 Å². The second kappa shape index (κ2) is 6.18. The van der Waals surface area contributed by atoms with E-state index in [4.69, 9.17) is 10.5 Å². The summed E-state index contributed by atoms with van der Waals surface area (Å²) in [5.41, 5.74) is 5.42. The Kier molecular flexibility index (Phi) is 6.03. The van der Waals surface area contributed by atoms with Crippen LogP contribution in [0, 0.1) is 5.92 Å². The van der Waals surface area contributed by atoms with Gasteiger partial charge in [0.05, 0.1) is 26.2 Å². The molecular formula is C8H16ClNO3. The van der Waals surface area contributed by atoms with Gasteiger partial charge in [-0.3, -0.25) is 4.79 Å². The van der Waals surface area contributed by atoms with Crippen molar-refractivity contribution in [2.45, 2.75) is 18.9 Å². The molecule has 0 aromatic rings. The summed E-state index contributed by atoms with van der Waals surface area (Å²) in [6, 6.07) is 0. The van der Waals surface area contributed by atoms with Crippen LogP contribution in [0.4, 0.5) is 0 Å². The minimum absolute atomic E-state index is 0. The van der Waals surface area contributed by atoms with E-state index < -0.39 is 0 Å². The van der Waals surface area contributed by atoms with Crippen LogP contribution >= 0.6 is 12.4 Å². The number of methoxy groups -OCH3 is 1. The van der Waals surface area contributed by atoms with Crippen LogP contribution in [0.2, 0.25) is 0 Å². The van der Waals surface area contributed by atoms with Crippen molar-refractivity contribution in [3.8, 4) is 0 Å². The SMILES string of the molecule is COC(=O)CC1COC(CN)C1.Cl. The highest BCUT2D eigenvalue weighted by Crippen LogP contribution is 2.21. The van der Waals surface area contributed by atoms with Crippen molar-refractivity contribution < 1.29 is 14.3 Å². The third-order valence-electron chi connectivity index (χ3n) is 2.11. The van der Waals surface area contributed by atoms with E-state index in [2.05, 4.69) is 4.74 Å². The topological polar surface area (TPSA) is 61.5 Å². The molecule has 1 saturated heterocycles. The zero-order valence-corrected chi connectivity index (χ0v) is 8.51. The summed E-state index contributed by atoms with van der Waals surface area (Å²) in [5, 5.41) is 0. The molecular weight excluding hydrogens is 194 g/mol. The predicted molar refractivity (Wildman–Crippen MR) is 50.8 cm³/mol. The van der Waals surface area contributed by atoms with Crippen LogP contribution in [-0.4, -0.2) is 32.3 Å². The number of esters is 1. The van der Waals surface area contributed by atoms with Gasteiger partial charge in [-0.2, -0.15) is 0 Å². The van der Waals surface area contributed by atoms with Crippen LogP contribution in [0.5, 0.6) is 0 Å². The van der Waals surface area contributed by atoms with Crippen molar-refractivity contribution >= 4 is 18.4 Å². The molecule has 1 aliphatic heterocycles. The van der Waals surface area contributed by atoms with E-state index in [0.29, 0.717) is 25.5 Å². The summed E-state index contributed by atoms with van der Waals surface area (Å²) in [4.78, 5) is 10.9. The van der Waals surface area contributed by atoms with Crippen molar-refractivity contribution in [3.05, 3.63) is 0 Å². The highest BCUT2D eigenvalue weighted by molar-refractivity contribution is 5.85. The molecule has 4 nitrogen and oxygen atoms in total. The van der Waals surface area contributed by atoms with Crippen LogP contribution in [0.1, 0.15) is 12.8 Å². The highest BCUT2D eigenvalue weighted by atomic mass is 35.5. The zero-order valence-electron chi connectivity index (χ0n) is 7.69. The number of carbonyl (C=O) groups excluding carboxylic acids is 1. The maximum atomic E-state index is 10.9. The van der Waals surface area contributed by atoms with E-state index >= 15 is 0 Å². The Labute approximate surface area is 84.2 Å². The van der Waals surface area contributed by atoms with Gasteiger partial charge < -0.3 is 15.2 Å². The van der Waals surface area contributed by atoms with Gasteiger partial charge in [-0.05, 0) is 12.3 Å². The maximum Gasteiger partial charge on any atom is 0.305 e. The molecule has 1 heterocycles. The molecule has 0 saturated carbocycles. The molecule has 0 spiro atoms. The van der Waals surface area contributed by atoms with E-state index in [1.165, 1.54) is 7.11 Å². The molecule has 2 atom stereocenters. The van der Waals surface area contributed by atoms with Crippen LogP contribution in [-0.2, 0) is 14.3 Å². The first-order chi connectivity index (χ1) is 5.76. The number of hydrogen-bond donors (Lipinski definition) is 1. The minimum atomic E-state index is -0.165. The summed E-state index contributed by atoms with van der Waals surface area (Å²) in [7, 11) is 1.40. The van der Waals surface area contributed by atoms with Crippen LogP contribution < -0.4 is 5.73 Å². The average Bonchev–Trinajstić information content (AvgIpc) is 2.52. The fraction of sp³-hybridized carbons (Fsp3) is 0.875. The monoisotopic (exact) mass is 209 g/mol. The Morgan fingerprint density at radius 2 is 2.38 bits per heavy atom. The number of carbonyl (C=O) groups is 1. The molecule has 78 valence electrons. The second-order valence-electron chi connectivity index (χ2n) is 3.07. The quantitative estimate of drug-likeness (QED) is 0.681. The summed E-state index contributed by atoms with van der Waals surface area (Å²) >= 11 is 0. The molecule has 5 heteroatoms. The number of halogens is 1. The molecule has 1 fully saturated rings. The van der Waals surface area contributed by atoms with Crippen molar-refractivity contribution in [1.82, 2.24) is 0 Å². The fourth-order valence-corrected chi connectivity index (χ4v) is 1.41. The zero-order chi connectivity index (χ0) is 8.97. The van der Waals surface area contributed by atoms with Crippen LogP contribution in [0.25, 0.3) is 0 Å². The lowest BCUT2D eigenvalue weighted by atomic mass is 10.0. The molecule has 0 radical (unpaired) electrons. The third-order valence-corrected chi connectivity index (χ3v) is 2.11. The Hall–Kier alpha value is -0.320. The Morgan fingerprint density at radius 3 is 2.85 bits per heavy atom. The van der Waals surface area contributed by atoms with Gasteiger partial charge in [0.1, 0.15) is 0 Å². The number of hydrogen-bond acceptors (Lipinski definition) is 4. The standard InChI is InChI=1S/C8H15NO3.ClH/c1-11-8(10)3-6-2-7(4-9)12-5-6;/h6-7H,2-5,9H2,1H3;1H. The van der Waals surface area contributed by atoms with Crippen LogP contribution in [0.3, 0.4) is 0 Å². The first-order valence-corrected chi connectivity index (χ1v) is 4.14. The normalized spacial score (nSPS) is 26.6. The van der Waals surface area contributed by atoms with Crippen LogP contribution in [0.15, 0.2) is 0 Å². The molecule has 0 aliphatic carbocycles. The number of rotatable bonds is 3. The molecule has 0 aromatic heterocycles. The van der Waals surface area contributed by atoms with Crippen molar-refractivity contribution in [1.29, 1.82) is 0 Å². The lowest BCUT2D eigenvalue weighted by Gasteiger charge is -2.05. The van der Waals surface area contributed by atoms with E-state index in [1.54, 1.807) is 0 Å². The van der Waals surface area contributed by atoms with Gasteiger partial charge in [0, 0.05) is 6.54 Å². The molecule has 2 unspecified atom stereocenters. The van der Waals surface area contributed by atoms with Crippen molar-refractivity contribution in [2.75, 3.05) is 20.3 Å². The number of ether oxygens (including phenoxy) is 2. The smallest absolute Gasteiger partial charge is 0.305 e. The van der Waals surface area contributed by atoms with Gasteiger partial charge in [-0.25, -0.2) is 0 Å². The lowest BCUT2D eigenvalue weighted by molar-refractivity contribution is -0.141. The summed E-state index contributed by atoms with van der Waals surface area (Å²) in [5.74, 6) is 0.132. The minimum Gasteiger partial charge on any atom is -0.469 e. The van der Waals surface area contributed by atoms with Crippen molar-refractivity contribution in [2.24, 2.45) is 11.7 Å². The molecule has 13 heavy (non-hydrogen) atoms. The Balaban J connectivity index is 0.00000144. The second-order valence-corrected chi connectivity index (χ2v) is 3.07. The van der Waals surface area contributed by atoms with Gasteiger partial charge in [0.2, 0.25) is 0 Å². The average molecular weight is 210 g/mol. The fourth-order valence-electron chi connectivity index (χ4n) is 1.41. The van der Waals surface area contributed by atoms with E-state index in [-0.39, 0.29) is 24.5 Å². The summed E-state index contributed by atoms with van der Waals surface area (Å²) < 4.78 is 9.88. The third kappa shape index (κ3) is 3.93. The largest absolute Gasteiger partial charge is 0.469 e. The maximum absolute atomic E-state index is 10.9. The summed E-state index contributed by atoms with van der Waals surface area (Å²) in [6.07, 6.45) is 1.47. The lowest BCUT2D eigenvalue weighted by Crippen LogP contribution is -2.18. The van der Waals surface area contributed by atoms with E-state index in [1.807, 2.05) is 0 Å².